The van der Waals surface area contributed by atoms with Crippen molar-refractivity contribution in [2.45, 2.75) is 45.1 Å². The van der Waals surface area contributed by atoms with E-state index in [2.05, 4.69) is 46.7 Å². The zero-order valence-electron chi connectivity index (χ0n) is 14.7. The van der Waals surface area contributed by atoms with Crippen LogP contribution < -0.4 is 10.6 Å². The summed E-state index contributed by atoms with van der Waals surface area (Å²) in [4.78, 5) is 15.0. The standard InChI is InChI=1S/C20H29N3O/c1-15-3-2-4-17(13-15)22-16-5-11-23(12-6-16)19(24)18-14-20(18)7-9-21-10-8-20/h2-4,13,16,18,21-22H,5-12,14H2,1H3. The molecule has 1 saturated carbocycles. The minimum Gasteiger partial charge on any atom is -0.382 e. The number of anilines is 1. The Balaban J connectivity index is 1.28. The van der Waals surface area contributed by atoms with Crippen LogP contribution in [0.15, 0.2) is 24.3 Å². The first kappa shape index (κ1) is 15.9. The summed E-state index contributed by atoms with van der Waals surface area (Å²) < 4.78 is 0. The van der Waals surface area contributed by atoms with Crippen molar-refractivity contribution in [3.8, 4) is 0 Å². The molecule has 3 fully saturated rings. The maximum atomic E-state index is 12.8. The van der Waals surface area contributed by atoms with Crippen LogP contribution in [0.2, 0.25) is 0 Å². The van der Waals surface area contributed by atoms with Gasteiger partial charge in [-0.15, -0.1) is 0 Å². The van der Waals surface area contributed by atoms with Gasteiger partial charge < -0.3 is 15.5 Å². The molecule has 4 rings (SSSR count). The summed E-state index contributed by atoms with van der Waals surface area (Å²) in [7, 11) is 0. The lowest BCUT2D eigenvalue weighted by molar-refractivity contribution is -0.134. The summed E-state index contributed by atoms with van der Waals surface area (Å²) in [6.45, 7) is 6.12. The van der Waals surface area contributed by atoms with Crippen molar-refractivity contribution in [1.29, 1.82) is 0 Å². The second-order valence-electron chi connectivity index (χ2n) is 7.98. The van der Waals surface area contributed by atoms with E-state index in [1.807, 2.05) is 0 Å². The number of likely N-dealkylation sites (tertiary alicyclic amines) is 1. The number of piperidine rings is 2. The molecule has 3 aliphatic rings. The number of carbonyl (C=O) groups excluding carboxylic acids is 1. The molecule has 1 aromatic carbocycles. The molecule has 2 N–H and O–H groups in total. The second kappa shape index (κ2) is 6.40. The van der Waals surface area contributed by atoms with E-state index in [0.29, 0.717) is 23.3 Å². The van der Waals surface area contributed by atoms with Gasteiger partial charge in [0.1, 0.15) is 0 Å². The van der Waals surface area contributed by atoms with Crippen molar-refractivity contribution in [1.82, 2.24) is 10.2 Å². The van der Waals surface area contributed by atoms with E-state index in [4.69, 9.17) is 0 Å². The van der Waals surface area contributed by atoms with Crippen molar-refractivity contribution in [3.63, 3.8) is 0 Å². The Morgan fingerprint density at radius 3 is 2.71 bits per heavy atom. The summed E-state index contributed by atoms with van der Waals surface area (Å²) in [5.41, 5.74) is 2.85. The topological polar surface area (TPSA) is 44.4 Å². The lowest BCUT2D eigenvalue weighted by Crippen LogP contribution is -2.44. The molecule has 1 amide bonds. The van der Waals surface area contributed by atoms with E-state index in [1.165, 1.54) is 24.1 Å². The van der Waals surface area contributed by atoms with Crippen molar-refractivity contribution in [3.05, 3.63) is 29.8 Å². The fourth-order valence-electron chi connectivity index (χ4n) is 4.61. The van der Waals surface area contributed by atoms with Gasteiger partial charge in [0.05, 0.1) is 0 Å². The van der Waals surface area contributed by atoms with E-state index >= 15 is 0 Å². The number of hydrogen-bond donors (Lipinski definition) is 2. The number of benzene rings is 1. The molecular weight excluding hydrogens is 298 g/mol. The Morgan fingerprint density at radius 2 is 2.00 bits per heavy atom. The first-order valence-electron chi connectivity index (χ1n) is 9.49. The monoisotopic (exact) mass is 327 g/mol. The summed E-state index contributed by atoms with van der Waals surface area (Å²) >= 11 is 0. The molecular formula is C20H29N3O. The molecule has 2 heterocycles. The lowest BCUT2D eigenvalue weighted by Gasteiger charge is -2.34. The van der Waals surface area contributed by atoms with Crippen LogP contribution in [-0.2, 0) is 4.79 Å². The fourth-order valence-corrected chi connectivity index (χ4v) is 4.61. The van der Waals surface area contributed by atoms with Gasteiger partial charge in [-0.2, -0.15) is 0 Å². The van der Waals surface area contributed by atoms with E-state index in [1.54, 1.807) is 0 Å². The molecule has 130 valence electrons. The van der Waals surface area contributed by atoms with Crippen LogP contribution in [0.5, 0.6) is 0 Å². The molecule has 4 nitrogen and oxygen atoms in total. The predicted molar refractivity (Wildman–Crippen MR) is 97.0 cm³/mol. The first-order valence-corrected chi connectivity index (χ1v) is 9.49. The number of rotatable bonds is 3. The van der Waals surface area contributed by atoms with E-state index in [9.17, 15) is 4.79 Å². The van der Waals surface area contributed by atoms with Crippen LogP contribution >= 0.6 is 0 Å². The van der Waals surface area contributed by atoms with Crippen molar-refractivity contribution < 1.29 is 4.79 Å². The maximum absolute atomic E-state index is 12.8. The largest absolute Gasteiger partial charge is 0.382 e. The Morgan fingerprint density at radius 1 is 1.25 bits per heavy atom. The number of carbonyl (C=O) groups is 1. The maximum Gasteiger partial charge on any atom is 0.226 e. The molecule has 1 aliphatic carbocycles. The van der Waals surface area contributed by atoms with Gasteiger partial charge >= 0.3 is 0 Å². The number of nitrogens with zero attached hydrogens (tertiary/aromatic N) is 1. The smallest absolute Gasteiger partial charge is 0.226 e. The molecule has 0 radical (unpaired) electrons. The average molecular weight is 327 g/mol. The molecule has 0 bridgehead atoms. The van der Waals surface area contributed by atoms with Crippen molar-refractivity contribution in [2.75, 3.05) is 31.5 Å². The predicted octanol–water partition coefficient (Wildman–Crippen LogP) is 2.79. The molecule has 24 heavy (non-hydrogen) atoms. The molecule has 2 aliphatic heterocycles. The van der Waals surface area contributed by atoms with Gasteiger partial charge in [0, 0.05) is 30.7 Å². The Bertz CT molecular complexity index is 601. The summed E-state index contributed by atoms with van der Waals surface area (Å²) in [6, 6.07) is 9.04. The third kappa shape index (κ3) is 3.16. The Hall–Kier alpha value is -1.55. The van der Waals surface area contributed by atoms with Crippen molar-refractivity contribution in [2.24, 2.45) is 11.3 Å². The molecule has 1 spiro atoms. The molecule has 1 unspecified atom stereocenters. The van der Waals surface area contributed by atoms with Crippen LogP contribution in [0.1, 0.15) is 37.7 Å². The van der Waals surface area contributed by atoms with Crippen LogP contribution in [0, 0.1) is 18.3 Å². The normalized spacial score (nSPS) is 26.4. The number of hydrogen-bond acceptors (Lipinski definition) is 3. The summed E-state index contributed by atoms with van der Waals surface area (Å²) in [5, 5.41) is 7.06. The highest BCUT2D eigenvalue weighted by molar-refractivity contribution is 5.83. The second-order valence-corrected chi connectivity index (χ2v) is 7.98. The van der Waals surface area contributed by atoms with E-state index in [-0.39, 0.29) is 0 Å². The van der Waals surface area contributed by atoms with Gasteiger partial charge in [-0.05, 0) is 75.2 Å². The van der Waals surface area contributed by atoms with Gasteiger partial charge in [-0.3, -0.25) is 4.79 Å². The van der Waals surface area contributed by atoms with E-state index in [0.717, 1.165) is 45.4 Å². The number of amides is 1. The van der Waals surface area contributed by atoms with Crippen LogP contribution in [-0.4, -0.2) is 43.0 Å². The highest BCUT2D eigenvalue weighted by atomic mass is 16.2. The Labute approximate surface area is 145 Å². The molecule has 2 saturated heterocycles. The Kier molecular flexibility index (Phi) is 4.25. The average Bonchev–Trinajstić information content (AvgIpc) is 3.28. The SMILES string of the molecule is Cc1cccc(NC2CCN(C(=O)C3CC34CCNCC4)CC2)c1. The molecule has 1 atom stereocenters. The number of aryl methyl sites for hydroxylation is 1. The summed E-state index contributed by atoms with van der Waals surface area (Å²) in [5.74, 6) is 0.756. The minimum atomic E-state index is 0.320. The third-order valence-corrected chi connectivity index (χ3v) is 6.28. The van der Waals surface area contributed by atoms with Crippen LogP contribution in [0.25, 0.3) is 0 Å². The van der Waals surface area contributed by atoms with Gasteiger partial charge in [-0.1, -0.05) is 12.1 Å². The highest BCUT2D eigenvalue weighted by Gasteiger charge is 2.58. The minimum absolute atomic E-state index is 0.320. The lowest BCUT2D eigenvalue weighted by atomic mass is 9.91. The highest BCUT2D eigenvalue weighted by Crippen LogP contribution is 2.59. The van der Waals surface area contributed by atoms with E-state index < -0.39 is 0 Å². The van der Waals surface area contributed by atoms with Crippen molar-refractivity contribution >= 4 is 11.6 Å². The molecule has 0 aromatic heterocycles. The molecule has 1 aromatic rings. The van der Waals surface area contributed by atoms with Gasteiger partial charge in [0.15, 0.2) is 0 Å². The fraction of sp³-hybridized carbons (Fsp3) is 0.650. The zero-order chi connectivity index (χ0) is 16.6. The number of nitrogens with one attached hydrogen (secondary N) is 2. The van der Waals surface area contributed by atoms with Gasteiger partial charge in [0.2, 0.25) is 5.91 Å². The zero-order valence-corrected chi connectivity index (χ0v) is 14.7. The van der Waals surface area contributed by atoms with Crippen LogP contribution in [0.3, 0.4) is 0 Å². The summed E-state index contributed by atoms with van der Waals surface area (Å²) in [6.07, 6.45) is 5.63. The quantitative estimate of drug-likeness (QED) is 0.897. The van der Waals surface area contributed by atoms with Gasteiger partial charge in [-0.25, -0.2) is 0 Å². The first-order chi connectivity index (χ1) is 11.7. The molecule has 4 heteroatoms. The van der Waals surface area contributed by atoms with Crippen LogP contribution in [0.4, 0.5) is 5.69 Å². The van der Waals surface area contributed by atoms with Gasteiger partial charge in [0.25, 0.3) is 0 Å². The third-order valence-electron chi connectivity index (χ3n) is 6.28.